The maximum absolute atomic E-state index is 11.9. The first-order valence-corrected chi connectivity index (χ1v) is 5.81. The summed E-state index contributed by atoms with van der Waals surface area (Å²) in [7, 11) is 0. The van der Waals surface area contributed by atoms with Crippen molar-refractivity contribution in [3.63, 3.8) is 0 Å². The number of amides is 1. The van der Waals surface area contributed by atoms with Crippen LogP contribution in [0.2, 0.25) is 0 Å². The lowest BCUT2D eigenvalue weighted by Gasteiger charge is -2.07. The van der Waals surface area contributed by atoms with Gasteiger partial charge in [0.2, 0.25) is 5.56 Å². The van der Waals surface area contributed by atoms with Gasteiger partial charge in [-0.05, 0) is 19.1 Å². The number of hydrogen-bond acceptors (Lipinski definition) is 3. The Bertz CT molecular complexity index is 715. The minimum Gasteiger partial charge on any atom is -0.319 e. The Morgan fingerprint density at radius 3 is 2.74 bits per heavy atom. The molecule has 2 aromatic rings. The zero-order valence-corrected chi connectivity index (χ0v) is 10.3. The molecule has 0 radical (unpaired) electrons. The number of hydrogen-bond donors (Lipinski definition) is 2. The molecule has 1 amide bonds. The van der Waals surface area contributed by atoms with E-state index in [1.54, 1.807) is 6.20 Å². The van der Waals surface area contributed by atoms with Crippen molar-refractivity contribution in [1.82, 2.24) is 9.55 Å². The molecule has 0 atom stereocenters. The summed E-state index contributed by atoms with van der Waals surface area (Å²) in [5.74, 6) is -0.431. The van der Waals surface area contributed by atoms with Crippen LogP contribution in [0.25, 0.3) is 0 Å². The molecule has 0 aliphatic rings. The van der Waals surface area contributed by atoms with E-state index in [1.165, 1.54) is 34.9 Å². The van der Waals surface area contributed by atoms with Crippen LogP contribution >= 0.6 is 0 Å². The van der Waals surface area contributed by atoms with Crippen molar-refractivity contribution in [2.75, 3.05) is 5.32 Å². The zero-order valence-electron chi connectivity index (χ0n) is 10.3. The van der Waals surface area contributed by atoms with Crippen molar-refractivity contribution in [3.05, 3.63) is 62.9 Å². The molecule has 0 aliphatic heterocycles. The van der Waals surface area contributed by atoms with Crippen molar-refractivity contribution in [2.24, 2.45) is 0 Å². The second-order valence-electron chi connectivity index (χ2n) is 3.92. The molecule has 2 N–H and O–H groups in total. The van der Waals surface area contributed by atoms with E-state index in [0.29, 0.717) is 12.2 Å². The molecule has 0 aliphatic carbocycles. The van der Waals surface area contributed by atoms with E-state index in [0.717, 1.165) is 0 Å². The average molecular weight is 259 g/mol. The fourth-order valence-electron chi connectivity index (χ4n) is 1.63. The van der Waals surface area contributed by atoms with Crippen molar-refractivity contribution in [2.45, 2.75) is 13.5 Å². The number of pyridine rings is 2. The van der Waals surface area contributed by atoms with Crippen LogP contribution in [0, 0.1) is 0 Å². The number of H-pyrrole nitrogens is 1. The van der Waals surface area contributed by atoms with Gasteiger partial charge < -0.3 is 14.9 Å². The first-order valence-electron chi connectivity index (χ1n) is 5.81. The fraction of sp³-hybridized carbons (Fsp3) is 0.154. The number of aromatic amines is 1. The quantitative estimate of drug-likeness (QED) is 0.855. The zero-order chi connectivity index (χ0) is 13.8. The van der Waals surface area contributed by atoms with Crippen LogP contribution in [0.4, 0.5) is 5.69 Å². The maximum atomic E-state index is 11.9. The molecular formula is C13H13N3O3. The molecule has 19 heavy (non-hydrogen) atoms. The second-order valence-corrected chi connectivity index (χ2v) is 3.92. The first-order chi connectivity index (χ1) is 9.10. The normalized spacial score (nSPS) is 10.2. The lowest BCUT2D eigenvalue weighted by Crippen LogP contribution is -2.21. The molecule has 0 fully saturated rings. The lowest BCUT2D eigenvalue weighted by molar-refractivity contribution is 0.102. The molecule has 0 aromatic carbocycles. The van der Waals surface area contributed by atoms with Crippen molar-refractivity contribution >= 4 is 11.6 Å². The topological polar surface area (TPSA) is 84.0 Å². The van der Waals surface area contributed by atoms with Crippen LogP contribution in [0.15, 0.2) is 46.1 Å². The number of anilines is 1. The van der Waals surface area contributed by atoms with Gasteiger partial charge in [-0.3, -0.25) is 14.4 Å². The van der Waals surface area contributed by atoms with E-state index in [4.69, 9.17) is 0 Å². The van der Waals surface area contributed by atoms with Crippen LogP contribution in [-0.2, 0) is 6.54 Å². The van der Waals surface area contributed by atoms with Gasteiger partial charge in [0.15, 0.2) is 0 Å². The van der Waals surface area contributed by atoms with E-state index in [9.17, 15) is 14.4 Å². The van der Waals surface area contributed by atoms with Gasteiger partial charge in [-0.2, -0.15) is 0 Å². The van der Waals surface area contributed by atoms with Gasteiger partial charge in [-0.25, -0.2) is 0 Å². The SMILES string of the molecule is CCn1cc(NC(=O)c2cccc(=O)[nH]2)ccc1=O. The van der Waals surface area contributed by atoms with Gasteiger partial charge >= 0.3 is 0 Å². The van der Waals surface area contributed by atoms with Gasteiger partial charge in [0, 0.05) is 24.9 Å². The predicted molar refractivity (Wildman–Crippen MR) is 71.4 cm³/mol. The number of rotatable bonds is 3. The predicted octanol–water partition coefficient (Wildman–Crippen LogP) is 0.809. The third-order valence-corrected chi connectivity index (χ3v) is 2.60. The second kappa shape index (κ2) is 5.34. The summed E-state index contributed by atoms with van der Waals surface area (Å²) in [4.78, 5) is 36.8. The minimum absolute atomic E-state index is 0.131. The van der Waals surface area contributed by atoms with Crippen LogP contribution in [0.1, 0.15) is 17.4 Å². The van der Waals surface area contributed by atoms with E-state index >= 15 is 0 Å². The highest BCUT2D eigenvalue weighted by Gasteiger charge is 2.07. The summed E-state index contributed by atoms with van der Waals surface area (Å²) in [6, 6.07) is 7.24. The summed E-state index contributed by atoms with van der Waals surface area (Å²) < 4.78 is 1.48. The van der Waals surface area contributed by atoms with Gasteiger partial charge in [0.05, 0.1) is 5.69 Å². The minimum atomic E-state index is -0.431. The Labute approximate surface area is 108 Å². The molecule has 0 saturated heterocycles. The fourth-order valence-corrected chi connectivity index (χ4v) is 1.63. The molecule has 0 saturated carbocycles. The highest BCUT2D eigenvalue weighted by molar-refractivity contribution is 6.02. The molecule has 6 nitrogen and oxygen atoms in total. The first kappa shape index (κ1) is 12.8. The molecule has 6 heteroatoms. The lowest BCUT2D eigenvalue weighted by atomic mass is 10.3. The summed E-state index contributed by atoms with van der Waals surface area (Å²) >= 11 is 0. The molecule has 0 unspecified atom stereocenters. The number of nitrogens with zero attached hydrogens (tertiary/aromatic N) is 1. The number of aromatic nitrogens is 2. The third kappa shape index (κ3) is 2.98. The van der Waals surface area contributed by atoms with Crippen LogP contribution in [0.5, 0.6) is 0 Å². The van der Waals surface area contributed by atoms with Gasteiger partial charge in [-0.1, -0.05) is 6.07 Å². The molecular weight excluding hydrogens is 246 g/mol. The van der Waals surface area contributed by atoms with Gasteiger partial charge in [-0.15, -0.1) is 0 Å². The van der Waals surface area contributed by atoms with Crippen LogP contribution < -0.4 is 16.4 Å². The Kier molecular flexibility index (Phi) is 3.61. The summed E-state index contributed by atoms with van der Waals surface area (Å²) in [6.45, 7) is 2.35. The highest BCUT2D eigenvalue weighted by Crippen LogP contribution is 2.05. The summed E-state index contributed by atoms with van der Waals surface area (Å²) in [6.07, 6.45) is 1.56. The molecule has 0 spiro atoms. The Balaban J connectivity index is 2.24. The van der Waals surface area contributed by atoms with Crippen molar-refractivity contribution in [1.29, 1.82) is 0 Å². The third-order valence-electron chi connectivity index (χ3n) is 2.60. The standard InChI is InChI=1S/C13H13N3O3/c1-2-16-8-9(6-7-12(16)18)14-13(19)10-4-3-5-11(17)15-10/h3-8H,2H2,1H3,(H,14,19)(H,15,17). The smallest absolute Gasteiger partial charge is 0.272 e. The largest absolute Gasteiger partial charge is 0.319 e. The Morgan fingerprint density at radius 2 is 2.05 bits per heavy atom. The monoisotopic (exact) mass is 259 g/mol. The maximum Gasteiger partial charge on any atom is 0.272 e. The molecule has 0 bridgehead atoms. The van der Waals surface area contributed by atoms with E-state index in [2.05, 4.69) is 10.3 Å². The average Bonchev–Trinajstić information content (AvgIpc) is 2.41. The van der Waals surface area contributed by atoms with Crippen molar-refractivity contribution < 1.29 is 4.79 Å². The van der Waals surface area contributed by atoms with Crippen LogP contribution in [0.3, 0.4) is 0 Å². The number of aryl methyl sites for hydroxylation is 1. The summed E-state index contributed by atoms with van der Waals surface area (Å²) in [5.41, 5.74) is 0.192. The Hall–Kier alpha value is -2.63. The molecule has 2 rings (SSSR count). The number of nitrogens with one attached hydrogen (secondary N) is 2. The van der Waals surface area contributed by atoms with E-state index < -0.39 is 5.91 Å². The number of carbonyl (C=O) groups is 1. The van der Waals surface area contributed by atoms with Gasteiger partial charge in [0.1, 0.15) is 5.69 Å². The van der Waals surface area contributed by atoms with Crippen molar-refractivity contribution in [3.8, 4) is 0 Å². The molecule has 2 heterocycles. The molecule has 2 aromatic heterocycles. The van der Waals surface area contributed by atoms with Crippen LogP contribution in [-0.4, -0.2) is 15.5 Å². The van der Waals surface area contributed by atoms with Gasteiger partial charge in [0.25, 0.3) is 11.5 Å². The highest BCUT2D eigenvalue weighted by atomic mass is 16.2. The number of carbonyl (C=O) groups excluding carboxylic acids is 1. The van der Waals surface area contributed by atoms with E-state index in [1.807, 2.05) is 6.92 Å². The van der Waals surface area contributed by atoms with E-state index in [-0.39, 0.29) is 16.8 Å². The summed E-state index contributed by atoms with van der Waals surface area (Å²) in [5, 5.41) is 2.62. The molecule has 98 valence electrons. The Morgan fingerprint density at radius 1 is 1.26 bits per heavy atom.